The van der Waals surface area contributed by atoms with E-state index in [4.69, 9.17) is 11.6 Å². The highest BCUT2D eigenvalue weighted by molar-refractivity contribution is 14.1. The summed E-state index contributed by atoms with van der Waals surface area (Å²) in [7, 11) is -2.26. The lowest BCUT2D eigenvalue weighted by molar-refractivity contribution is -0.120. The van der Waals surface area contributed by atoms with E-state index in [2.05, 4.69) is 34.0 Å². The Morgan fingerprint density at radius 1 is 1.26 bits per heavy atom. The maximum absolute atomic E-state index is 13.0. The number of alkyl halides is 1. The molecule has 1 saturated heterocycles. The number of rotatable bonds is 5. The van der Waals surface area contributed by atoms with Gasteiger partial charge in [-0.2, -0.15) is 4.31 Å². The maximum Gasteiger partial charge on any atom is 0.245 e. The van der Waals surface area contributed by atoms with Gasteiger partial charge in [0, 0.05) is 36.1 Å². The van der Waals surface area contributed by atoms with Crippen molar-refractivity contribution >= 4 is 73.2 Å². The molecule has 1 fully saturated rings. The summed E-state index contributed by atoms with van der Waals surface area (Å²) in [5, 5.41) is 4.47. The first kappa shape index (κ1) is 24.7. The molecule has 1 aromatic heterocycles. The Balaban J connectivity index is 0.00000132. The molecule has 1 atom stereocenters. The molecule has 0 spiro atoms. The van der Waals surface area contributed by atoms with Gasteiger partial charge in [-0.15, -0.1) is 11.3 Å². The van der Waals surface area contributed by atoms with Crippen LogP contribution < -0.4 is 10.2 Å². The van der Waals surface area contributed by atoms with E-state index in [1.165, 1.54) is 39.9 Å². The number of anilines is 1. The van der Waals surface area contributed by atoms with Crippen LogP contribution in [-0.4, -0.2) is 49.7 Å². The molecule has 2 aliphatic rings. The molecule has 1 amide bonds. The van der Waals surface area contributed by atoms with Crippen molar-refractivity contribution in [2.45, 2.75) is 25.4 Å². The van der Waals surface area contributed by atoms with E-state index in [0.717, 1.165) is 35.5 Å². The third-order valence-corrected chi connectivity index (χ3v) is 8.14. The van der Waals surface area contributed by atoms with Gasteiger partial charge in [-0.1, -0.05) is 40.3 Å². The van der Waals surface area contributed by atoms with Crippen molar-refractivity contribution in [3.63, 3.8) is 0 Å². The van der Waals surface area contributed by atoms with Crippen molar-refractivity contribution < 1.29 is 13.2 Å². The average Bonchev–Trinajstić information content (AvgIpc) is 3.38. The van der Waals surface area contributed by atoms with Crippen LogP contribution >= 0.6 is 45.5 Å². The van der Waals surface area contributed by atoms with E-state index in [9.17, 15) is 13.2 Å². The van der Waals surface area contributed by atoms with Gasteiger partial charge in [0.2, 0.25) is 15.9 Å². The van der Waals surface area contributed by atoms with Gasteiger partial charge in [-0.25, -0.2) is 8.42 Å². The van der Waals surface area contributed by atoms with E-state index in [-0.39, 0.29) is 5.91 Å². The molecule has 0 saturated carbocycles. The summed E-state index contributed by atoms with van der Waals surface area (Å²) in [4.78, 5) is 17.4. The Bertz CT molecular complexity index is 1070. The fraction of sp³-hybridized carbons (Fsp3) is 0.381. The topological polar surface area (TPSA) is 69.7 Å². The number of benzene rings is 1. The SMILES string of the molecule is CI.CN([C@H]1CCN(c2ccc3c(c2)CCNC3)C1=O)S(=O)(=O)/C=C/c1ccc(Cl)s1. The highest BCUT2D eigenvalue weighted by Crippen LogP contribution is 2.29. The van der Waals surface area contributed by atoms with Crippen molar-refractivity contribution in [1.29, 1.82) is 0 Å². The Hall–Kier alpha value is -0.980. The number of carbonyl (C=O) groups excluding carboxylic acids is 1. The Morgan fingerprint density at radius 3 is 2.74 bits per heavy atom. The molecule has 0 unspecified atom stereocenters. The molecule has 0 bridgehead atoms. The molecule has 1 N–H and O–H groups in total. The van der Waals surface area contributed by atoms with Crippen LogP contribution in [0.3, 0.4) is 0 Å². The molecule has 2 aromatic rings. The number of hydrogen-bond acceptors (Lipinski definition) is 5. The van der Waals surface area contributed by atoms with Gasteiger partial charge in [0.15, 0.2) is 0 Å². The van der Waals surface area contributed by atoms with E-state index < -0.39 is 16.1 Å². The predicted molar refractivity (Wildman–Crippen MR) is 138 cm³/mol. The zero-order valence-corrected chi connectivity index (χ0v) is 21.9. The highest BCUT2D eigenvalue weighted by atomic mass is 127. The second kappa shape index (κ2) is 10.8. The first-order chi connectivity index (χ1) is 14.8. The zero-order chi connectivity index (χ0) is 22.6. The molecule has 2 aliphatic heterocycles. The first-order valence-corrected chi connectivity index (χ1v) is 14.6. The van der Waals surface area contributed by atoms with Gasteiger partial charge < -0.3 is 10.2 Å². The summed E-state index contributed by atoms with van der Waals surface area (Å²) in [6.07, 6.45) is 2.91. The monoisotopic (exact) mass is 593 g/mol. The summed E-state index contributed by atoms with van der Waals surface area (Å²) in [5.41, 5.74) is 3.34. The number of hydrogen-bond donors (Lipinski definition) is 1. The number of nitrogens with one attached hydrogen (secondary N) is 1. The Morgan fingerprint density at radius 2 is 2.03 bits per heavy atom. The van der Waals surface area contributed by atoms with Crippen LogP contribution in [0.15, 0.2) is 35.7 Å². The van der Waals surface area contributed by atoms with Crippen molar-refractivity contribution in [2.24, 2.45) is 0 Å². The lowest BCUT2D eigenvalue weighted by Crippen LogP contribution is -2.42. The van der Waals surface area contributed by atoms with Crippen molar-refractivity contribution in [2.75, 3.05) is 30.0 Å². The minimum atomic E-state index is -3.72. The maximum atomic E-state index is 13.0. The van der Waals surface area contributed by atoms with Crippen molar-refractivity contribution in [3.8, 4) is 0 Å². The molecule has 168 valence electrons. The predicted octanol–water partition coefficient (Wildman–Crippen LogP) is 4.14. The number of thiophene rings is 1. The normalized spacial score (nSPS) is 18.9. The zero-order valence-electron chi connectivity index (χ0n) is 17.3. The number of nitrogens with zero attached hydrogens (tertiary/aromatic N) is 2. The van der Waals surface area contributed by atoms with Crippen molar-refractivity contribution in [1.82, 2.24) is 9.62 Å². The van der Waals surface area contributed by atoms with Crippen LogP contribution in [0, 0.1) is 0 Å². The van der Waals surface area contributed by atoms with E-state index in [1.807, 2.05) is 17.1 Å². The van der Waals surface area contributed by atoms with E-state index in [1.54, 1.807) is 17.0 Å². The van der Waals surface area contributed by atoms with Crippen LogP contribution in [0.2, 0.25) is 4.34 Å². The number of likely N-dealkylation sites (N-methyl/N-ethyl adjacent to an activating group) is 1. The molecule has 1 aromatic carbocycles. The smallest absolute Gasteiger partial charge is 0.245 e. The summed E-state index contributed by atoms with van der Waals surface area (Å²) in [6.45, 7) is 2.27. The third-order valence-electron chi connectivity index (χ3n) is 5.40. The second-order valence-electron chi connectivity index (χ2n) is 7.18. The summed E-state index contributed by atoms with van der Waals surface area (Å²) >= 11 is 9.33. The van der Waals surface area contributed by atoms with E-state index in [0.29, 0.717) is 17.3 Å². The van der Waals surface area contributed by atoms with Crippen LogP contribution in [0.5, 0.6) is 0 Å². The van der Waals surface area contributed by atoms with Gasteiger partial charge >= 0.3 is 0 Å². The van der Waals surface area contributed by atoms with Gasteiger partial charge in [-0.05, 0) is 65.8 Å². The van der Waals surface area contributed by atoms with Gasteiger partial charge in [0.25, 0.3) is 0 Å². The highest BCUT2D eigenvalue weighted by Gasteiger charge is 2.39. The van der Waals surface area contributed by atoms with Crippen LogP contribution in [0.25, 0.3) is 6.08 Å². The van der Waals surface area contributed by atoms with Crippen LogP contribution in [0.1, 0.15) is 22.4 Å². The Kier molecular flexibility index (Phi) is 8.56. The van der Waals surface area contributed by atoms with Gasteiger partial charge in [-0.3, -0.25) is 4.79 Å². The summed E-state index contributed by atoms with van der Waals surface area (Å²) < 4.78 is 27.2. The van der Waals surface area contributed by atoms with Crippen LogP contribution in [-0.2, 0) is 27.8 Å². The lowest BCUT2D eigenvalue weighted by atomic mass is 10.0. The number of sulfonamides is 1. The molecule has 0 aliphatic carbocycles. The number of carbonyl (C=O) groups is 1. The molecular formula is C21H25ClIN3O3S2. The number of fused-ring (bicyclic) bond motifs is 1. The van der Waals surface area contributed by atoms with Crippen molar-refractivity contribution in [3.05, 3.63) is 56.1 Å². The first-order valence-electron chi connectivity index (χ1n) is 9.78. The minimum absolute atomic E-state index is 0.183. The lowest BCUT2D eigenvalue weighted by Gasteiger charge is -2.24. The quantitative estimate of drug-likeness (QED) is 0.418. The molecule has 31 heavy (non-hydrogen) atoms. The molecule has 3 heterocycles. The van der Waals surface area contributed by atoms with Crippen LogP contribution in [0.4, 0.5) is 5.69 Å². The fourth-order valence-electron chi connectivity index (χ4n) is 3.73. The largest absolute Gasteiger partial charge is 0.312 e. The number of halogens is 2. The molecule has 6 nitrogen and oxygen atoms in total. The molecular weight excluding hydrogens is 569 g/mol. The Labute approximate surface area is 206 Å². The van der Waals surface area contributed by atoms with E-state index >= 15 is 0 Å². The average molecular weight is 594 g/mol. The summed E-state index contributed by atoms with van der Waals surface area (Å²) in [6, 6.07) is 8.83. The molecule has 0 radical (unpaired) electrons. The second-order valence-corrected chi connectivity index (χ2v) is 10.8. The fourth-order valence-corrected chi connectivity index (χ4v) is 5.85. The third kappa shape index (κ3) is 5.69. The minimum Gasteiger partial charge on any atom is -0.312 e. The van der Waals surface area contributed by atoms with Gasteiger partial charge in [0.1, 0.15) is 6.04 Å². The standard InChI is InChI=1S/C20H22ClN3O3S2.CH3I/c1-23(29(26,27)11-8-17-4-5-19(21)28-17)18-7-10-24(20(18)25)16-3-2-15-13-22-9-6-14(15)12-16;1-2/h2-5,8,11-12,18,22H,6-7,9-10,13H2,1H3;1H3/b11-8+;/t18-;/m0./s1. The summed E-state index contributed by atoms with van der Waals surface area (Å²) in [5.74, 6) is -0.183. The molecule has 10 heteroatoms. The molecule has 4 rings (SSSR count). The van der Waals surface area contributed by atoms with Gasteiger partial charge in [0.05, 0.1) is 4.34 Å². The number of amides is 1.